The third-order valence-electron chi connectivity index (χ3n) is 4.73. The number of rotatable bonds is 4. The van der Waals surface area contributed by atoms with E-state index in [9.17, 15) is 4.79 Å². The van der Waals surface area contributed by atoms with Gasteiger partial charge in [0.05, 0.1) is 12.0 Å². The van der Waals surface area contributed by atoms with E-state index >= 15 is 0 Å². The molecule has 6 nitrogen and oxygen atoms in total. The van der Waals surface area contributed by atoms with Gasteiger partial charge in [-0.05, 0) is 43.0 Å². The number of imidazole rings is 1. The zero-order chi connectivity index (χ0) is 17.2. The van der Waals surface area contributed by atoms with Crippen molar-refractivity contribution in [3.8, 4) is 0 Å². The van der Waals surface area contributed by atoms with Crippen LogP contribution in [0.15, 0.2) is 30.7 Å². The highest BCUT2D eigenvalue weighted by Crippen LogP contribution is 2.22. The molecule has 1 aliphatic carbocycles. The molecule has 0 aliphatic heterocycles. The molecule has 4 N–H and O–H groups in total. The van der Waals surface area contributed by atoms with Gasteiger partial charge in [-0.1, -0.05) is 11.6 Å². The molecule has 4 rings (SSSR count). The van der Waals surface area contributed by atoms with Crippen LogP contribution in [-0.2, 0) is 19.3 Å². The number of halogens is 1. The Hall–Kier alpha value is -2.47. The Labute approximate surface area is 150 Å². The number of hydrogen-bond donors (Lipinski definition) is 4. The topological polar surface area (TPSA) is 85.6 Å². The second kappa shape index (κ2) is 6.80. The third kappa shape index (κ3) is 3.49. The van der Waals surface area contributed by atoms with Crippen molar-refractivity contribution in [1.82, 2.24) is 25.6 Å². The van der Waals surface area contributed by atoms with E-state index in [1.54, 1.807) is 6.33 Å². The van der Waals surface area contributed by atoms with Gasteiger partial charge in [-0.15, -0.1) is 0 Å². The van der Waals surface area contributed by atoms with Gasteiger partial charge in [0, 0.05) is 46.8 Å². The lowest BCUT2D eigenvalue weighted by Gasteiger charge is -2.22. The number of nitrogens with zero attached hydrogens (tertiary/aromatic N) is 1. The molecule has 1 atom stereocenters. The monoisotopic (exact) mass is 357 g/mol. The highest BCUT2D eigenvalue weighted by Gasteiger charge is 2.21. The first-order valence-electron chi connectivity index (χ1n) is 8.50. The molecule has 25 heavy (non-hydrogen) atoms. The number of fused-ring (bicyclic) bond motifs is 2. The molecule has 2 heterocycles. The number of urea groups is 1. The van der Waals surface area contributed by atoms with Crippen LogP contribution in [0.2, 0.25) is 5.02 Å². The van der Waals surface area contributed by atoms with Gasteiger partial charge in [-0.25, -0.2) is 9.78 Å². The summed E-state index contributed by atoms with van der Waals surface area (Å²) in [5.41, 5.74) is 4.46. The van der Waals surface area contributed by atoms with Gasteiger partial charge in [0.25, 0.3) is 0 Å². The normalized spacial score (nSPS) is 16.6. The van der Waals surface area contributed by atoms with Gasteiger partial charge in [-0.3, -0.25) is 0 Å². The number of H-pyrrole nitrogens is 2. The van der Waals surface area contributed by atoms with Crippen LogP contribution in [0.25, 0.3) is 10.9 Å². The van der Waals surface area contributed by atoms with E-state index in [0.717, 1.165) is 58.6 Å². The zero-order valence-electron chi connectivity index (χ0n) is 13.7. The van der Waals surface area contributed by atoms with Gasteiger partial charge >= 0.3 is 6.03 Å². The standard InChI is InChI=1S/C18H20ClN5O/c19-12-1-3-15-14(7-12)11(9-21-15)5-6-20-18(25)24-13-2-4-16-17(8-13)23-10-22-16/h1,3,7,9-10,13,21H,2,4-6,8H2,(H,22,23)(H2,20,24,25). The summed E-state index contributed by atoms with van der Waals surface area (Å²) in [6.07, 6.45) is 7.08. The average Bonchev–Trinajstić information content (AvgIpc) is 3.21. The smallest absolute Gasteiger partial charge is 0.315 e. The Kier molecular flexibility index (Phi) is 4.36. The molecule has 0 spiro atoms. The second-order valence-electron chi connectivity index (χ2n) is 6.42. The number of carbonyl (C=O) groups excluding carboxylic acids is 1. The van der Waals surface area contributed by atoms with Crippen molar-refractivity contribution < 1.29 is 4.79 Å². The average molecular weight is 358 g/mol. The molecule has 0 saturated heterocycles. The summed E-state index contributed by atoms with van der Waals surface area (Å²) in [7, 11) is 0. The van der Waals surface area contributed by atoms with Gasteiger partial charge in [0.1, 0.15) is 0 Å². The van der Waals surface area contributed by atoms with Crippen molar-refractivity contribution in [2.75, 3.05) is 6.54 Å². The van der Waals surface area contributed by atoms with E-state index in [4.69, 9.17) is 11.6 Å². The minimum Gasteiger partial charge on any atom is -0.361 e. The maximum atomic E-state index is 12.1. The molecule has 2 amide bonds. The highest BCUT2D eigenvalue weighted by molar-refractivity contribution is 6.31. The maximum Gasteiger partial charge on any atom is 0.315 e. The summed E-state index contributed by atoms with van der Waals surface area (Å²) >= 11 is 6.07. The van der Waals surface area contributed by atoms with Gasteiger partial charge in [-0.2, -0.15) is 0 Å². The molecule has 0 fully saturated rings. The Balaban J connectivity index is 1.28. The fraction of sp³-hybridized carbons (Fsp3) is 0.333. The summed E-state index contributed by atoms with van der Waals surface area (Å²) in [5, 5.41) is 7.81. The van der Waals surface area contributed by atoms with Crippen molar-refractivity contribution >= 4 is 28.5 Å². The van der Waals surface area contributed by atoms with Crippen LogP contribution in [0.1, 0.15) is 23.4 Å². The Morgan fingerprint density at radius 3 is 3.20 bits per heavy atom. The first-order chi connectivity index (χ1) is 12.2. The van der Waals surface area contributed by atoms with Crippen LogP contribution < -0.4 is 10.6 Å². The van der Waals surface area contributed by atoms with Crippen LogP contribution in [0.3, 0.4) is 0 Å². The predicted molar refractivity (Wildman–Crippen MR) is 97.9 cm³/mol. The Morgan fingerprint density at radius 2 is 2.28 bits per heavy atom. The van der Waals surface area contributed by atoms with E-state index in [1.165, 1.54) is 0 Å². The van der Waals surface area contributed by atoms with E-state index in [0.29, 0.717) is 6.54 Å². The quantitative estimate of drug-likeness (QED) is 0.578. The summed E-state index contributed by atoms with van der Waals surface area (Å²) in [4.78, 5) is 22.8. The molecule has 1 aliphatic rings. The zero-order valence-corrected chi connectivity index (χ0v) is 14.5. The van der Waals surface area contributed by atoms with Crippen molar-refractivity contribution in [3.63, 3.8) is 0 Å². The second-order valence-corrected chi connectivity index (χ2v) is 6.86. The number of benzene rings is 1. The summed E-state index contributed by atoms with van der Waals surface area (Å²) < 4.78 is 0. The van der Waals surface area contributed by atoms with Crippen LogP contribution in [-0.4, -0.2) is 33.6 Å². The number of carbonyl (C=O) groups is 1. The van der Waals surface area contributed by atoms with Gasteiger partial charge in [0.2, 0.25) is 0 Å². The van der Waals surface area contributed by atoms with E-state index in [2.05, 4.69) is 25.6 Å². The van der Waals surface area contributed by atoms with E-state index < -0.39 is 0 Å². The lowest BCUT2D eigenvalue weighted by atomic mass is 9.96. The molecule has 1 aromatic carbocycles. The van der Waals surface area contributed by atoms with Crippen LogP contribution >= 0.6 is 11.6 Å². The highest BCUT2D eigenvalue weighted by atomic mass is 35.5. The van der Waals surface area contributed by atoms with Gasteiger partial charge < -0.3 is 20.6 Å². The third-order valence-corrected chi connectivity index (χ3v) is 4.97. The van der Waals surface area contributed by atoms with E-state index in [1.807, 2.05) is 24.4 Å². The van der Waals surface area contributed by atoms with Crippen molar-refractivity contribution in [2.24, 2.45) is 0 Å². The maximum absolute atomic E-state index is 12.1. The minimum absolute atomic E-state index is 0.120. The number of aromatic amines is 2. The van der Waals surface area contributed by atoms with Crippen molar-refractivity contribution in [1.29, 1.82) is 0 Å². The molecule has 2 aromatic heterocycles. The SMILES string of the molecule is O=C(NCCc1c[nH]c2ccc(Cl)cc12)NC1CCc2nc[nH]c2C1. The molecule has 1 unspecified atom stereocenters. The predicted octanol–water partition coefficient (Wildman–Crippen LogP) is 2.94. The largest absolute Gasteiger partial charge is 0.361 e. The number of amides is 2. The molecule has 0 saturated carbocycles. The van der Waals surface area contributed by atoms with E-state index in [-0.39, 0.29) is 12.1 Å². The Bertz CT molecular complexity index is 900. The summed E-state index contributed by atoms with van der Waals surface area (Å²) in [6.45, 7) is 0.577. The number of aromatic nitrogens is 3. The fourth-order valence-corrected chi connectivity index (χ4v) is 3.60. The first-order valence-corrected chi connectivity index (χ1v) is 8.88. The van der Waals surface area contributed by atoms with Crippen LogP contribution in [0.4, 0.5) is 4.79 Å². The van der Waals surface area contributed by atoms with Crippen LogP contribution in [0, 0.1) is 0 Å². The summed E-state index contributed by atoms with van der Waals surface area (Å²) in [5.74, 6) is 0. The number of hydrogen-bond acceptors (Lipinski definition) is 2. The Morgan fingerprint density at radius 1 is 1.36 bits per heavy atom. The summed E-state index contributed by atoms with van der Waals surface area (Å²) in [6, 6.07) is 5.82. The minimum atomic E-state index is -0.120. The van der Waals surface area contributed by atoms with Crippen molar-refractivity contribution in [2.45, 2.75) is 31.7 Å². The van der Waals surface area contributed by atoms with Crippen LogP contribution in [0.5, 0.6) is 0 Å². The molecule has 0 bridgehead atoms. The molecule has 130 valence electrons. The lowest BCUT2D eigenvalue weighted by molar-refractivity contribution is 0.235. The fourth-order valence-electron chi connectivity index (χ4n) is 3.43. The number of nitrogens with one attached hydrogen (secondary N) is 4. The lowest BCUT2D eigenvalue weighted by Crippen LogP contribution is -2.45. The molecule has 3 aromatic rings. The van der Waals surface area contributed by atoms with Gasteiger partial charge in [0.15, 0.2) is 0 Å². The van der Waals surface area contributed by atoms with Crippen molar-refractivity contribution in [3.05, 3.63) is 52.7 Å². The molecule has 7 heteroatoms. The molecule has 0 radical (unpaired) electrons. The molecular formula is C18H20ClN5O. The number of aryl methyl sites for hydroxylation is 1. The first kappa shape index (κ1) is 16.0. The molecular weight excluding hydrogens is 338 g/mol.